The van der Waals surface area contributed by atoms with Crippen LogP contribution >= 0.6 is 35.3 Å². The summed E-state index contributed by atoms with van der Waals surface area (Å²) in [5.74, 6) is -4.05. The molecule has 0 aromatic rings. The zero-order valence-electron chi connectivity index (χ0n) is 35.3. The number of carbonyl (C=O) groups excluding carboxylic acids is 9. The van der Waals surface area contributed by atoms with Crippen LogP contribution in [0.5, 0.6) is 0 Å². The molecule has 0 bridgehead atoms. The Hall–Kier alpha value is -3.72. The van der Waals surface area contributed by atoms with Crippen LogP contribution in [0.4, 0.5) is 0 Å². The Kier molecular flexibility index (Phi) is 34.8. The van der Waals surface area contributed by atoms with Crippen molar-refractivity contribution in [3.05, 3.63) is 0 Å². The topological polar surface area (TPSA) is 237 Å². The second-order valence-corrected chi connectivity index (χ2v) is 16.1. The number of hydrogen-bond acceptors (Lipinski definition) is 21. The zero-order valence-corrected chi connectivity index (χ0v) is 37.7. The molecule has 0 unspecified atom stereocenters. The Labute approximate surface area is 364 Å². The Morgan fingerprint density at radius 1 is 0.333 bits per heavy atom. The summed E-state index contributed by atoms with van der Waals surface area (Å²) in [5, 5.41) is 0. The van der Waals surface area contributed by atoms with E-state index in [1.54, 1.807) is 6.92 Å². The van der Waals surface area contributed by atoms with E-state index >= 15 is 0 Å². The number of hydrogen-bond donors (Lipinski definition) is 0. The highest BCUT2D eigenvalue weighted by Crippen LogP contribution is 2.25. The highest BCUT2D eigenvalue weighted by Gasteiger charge is 2.34. The van der Waals surface area contributed by atoms with Gasteiger partial charge in [0.15, 0.2) is 0 Å². The van der Waals surface area contributed by atoms with E-state index in [0.717, 1.165) is 35.3 Å². The molecule has 0 spiro atoms. The summed E-state index contributed by atoms with van der Waals surface area (Å²) in [6.45, 7) is 6.15. The van der Waals surface area contributed by atoms with Gasteiger partial charge in [0.05, 0.1) is 41.9 Å². The van der Waals surface area contributed by atoms with E-state index in [2.05, 4.69) is 0 Å². The van der Waals surface area contributed by atoms with Crippen LogP contribution in [0, 0.1) is 5.41 Å². The lowest BCUT2D eigenvalue weighted by molar-refractivity contribution is -0.159. The molecule has 0 heterocycles. The molecule has 344 valence electrons. The summed E-state index contributed by atoms with van der Waals surface area (Å²) in [5.41, 5.74) is -1.11. The molecule has 0 aliphatic rings. The lowest BCUT2D eigenvalue weighted by Crippen LogP contribution is -2.39. The zero-order chi connectivity index (χ0) is 44.9. The van der Waals surface area contributed by atoms with Gasteiger partial charge in [0.2, 0.25) is 0 Å². The summed E-state index contributed by atoms with van der Waals surface area (Å²) in [6.07, 6.45) is 3.09. The molecule has 0 saturated carbocycles. The van der Waals surface area contributed by atoms with Gasteiger partial charge in [0, 0.05) is 36.5 Å². The molecule has 0 aliphatic heterocycles. The van der Waals surface area contributed by atoms with Crippen LogP contribution in [0.2, 0.25) is 0 Å². The van der Waals surface area contributed by atoms with Gasteiger partial charge in [-0.05, 0) is 25.7 Å². The first kappa shape index (κ1) is 56.3. The van der Waals surface area contributed by atoms with Crippen molar-refractivity contribution >= 4 is 89.0 Å². The quantitative estimate of drug-likeness (QED) is 0.0486. The number of esters is 9. The van der Waals surface area contributed by atoms with E-state index in [0.29, 0.717) is 19.3 Å². The maximum absolute atomic E-state index is 12.6. The van der Waals surface area contributed by atoms with Gasteiger partial charge in [-0.15, -0.1) is 35.3 Å². The maximum Gasteiger partial charge on any atom is 0.315 e. The molecule has 0 radical (unpaired) electrons. The fraction of sp³-hybridized carbons (Fsp3) is 0.769. The van der Waals surface area contributed by atoms with Crippen LogP contribution in [0.15, 0.2) is 0 Å². The van der Waals surface area contributed by atoms with Gasteiger partial charge in [0.1, 0.15) is 59.5 Å². The summed E-state index contributed by atoms with van der Waals surface area (Å²) in [4.78, 5) is 108. The van der Waals surface area contributed by atoms with E-state index in [-0.39, 0.29) is 157 Å². The second-order valence-electron chi connectivity index (χ2n) is 12.8. The first-order chi connectivity index (χ1) is 28.8. The highest BCUT2D eigenvalue weighted by atomic mass is 32.2. The molecule has 0 amide bonds. The molecule has 0 aromatic heterocycles. The summed E-state index contributed by atoms with van der Waals surface area (Å²) < 4.78 is 46.3. The van der Waals surface area contributed by atoms with E-state index in [9.17, 15) is 43.2 Å². The highest BCUT2D eigenvalue weighted by molar-refractivity contribution is 8.00. The van der Waals surface area contributed by atoms with Gasteiger partial charge < -0.3 is 42.6 Å². The smallest absolute Gasteiger partial charge is 0.315 e. The summed E-state index contributed by atoms with van der Waals surface area (Å²) >= 11 is 3.41. The van der Waals surface area contributed by atoms with Crippen LogP contribution in [0.3, 0.4) is 0 Å². The number of carbonyl (C=O) groups is 9. The van der Waals surface area contributed by atoms with Crippen molar-refractivity contribution in [1.29, 1.82) is 0 Å². The van der Waals surface area contributed by atoms with Gasteiger partial charge in [-0.1, -0.05) is 27.7 Å². The molecule has 60 heavy (non-hydrogen) atoms. The van der Waals surface area contributed by atoms with Crippen molar-refractivity contribution in [2.45, 2.75) is 91.9 Å². The lowest BCUT2D eigenvalue weighted by atomic mass is 9.88. The third kappa shape index (κ3) is 33.1. The number of rotatable bonds is 37. The summed E-state index contributed by atoms with van der Waals surface area (Å²) in [6, 6.07) is 0. The van der Waals surface area contributed by atoms with Gasteiger partial charge in [-0.25, -0.2) is 0 Å². The molecule has 21 heteroatoms. The Bertz CT molecular complexity index is 1160. The average molecular weight is 915 g/mol. The summed E-state index contributed by atoms with van der Waals surface area (Å²) in [7, 11) is 0. The van der Waals surface area contributed by atoms with Crippen molar-refractivity contribution in [1.82, 2.24) is 0 Å². The predicted octanol–water partition coefficient (Wildman–Crippen LogP) is 4.04. The average Bonchev–Trinajstić information content (AvgIpc) is 3.22. The van der Waals surface area contributed by atoms with E-state index < -0.39 is 41.2 Å². The molecule has 0 aromatic carbocycles. The van der Waals surface area contributed by atoms with E-state index in [1.165, 1.54) is 0 Å². The van der Waals surface area contributed by atoms with Gasteiger partial charge in [-0.2, -0.15) is 0 Å². The molecule has 0 atom stereocenters. The van der Waals surface area contributed by atoms with Crippen LogP contribution in [-0.2, 0) is 85.8 Å². The van der Waals surface area contributed by atoms with E-state index in [4.69, 9.17) is 42.6 Å². The minimum atomic E-state index is -1.11. The Morgan fingerprint density at radius 3 is 0.783 bits per heavy atom. The molecule has 0 saturated heterocycles. The van der Waals surface area contributed by atoms with Crippen molar-refractivity contribution in [2.75, 3.05) is 94.0 Å². The molecular formula is C39H62O18S3. The number of thioether (sulfide) groups is 3. The minimum absolute atomic E-state index is 0.0105. The largest absolute Gasteiger partial charge is 0.464 e. The molecule has 0 aliphatic carbocycles. The van der Waals surface area contributed by atoms with Gasteiger partial charge in [-0.3, -0.25) is 43.2 Å². The van der Waals surface area contributed by atoms with Crippen LogP contribution < -0.4 is 0 Å². The molecular weight excluding hydrogens is 853 g/mol. The minimum Gasteiger partial charge on any atom is -0.464 e. The maximum atomic E-state index is 12.6. The fourth-order valence-corrected chi connectivity index (χ4v) is 6.28. The third-order valence-electron chi connectivity index (χ3n) is 7.57. The van der Waals surface area contributed by atoms with Crippen LogP contribution in [-0.4, -0.2) is 148 Å². The van der Waals surface area contributed by atoms with Gasteiger partial charge in [0.25, 0.3) is 0 Å². The third-order valence-corrected chi connectivity index (χ3v) is 10.4. The lowest BCUT2D eigenvalue weighted by Gasteiger charge is -2.31. The van der Waals surface area contributed by atoms with Crippen molar-refractivity contribution in [3.63, 3.8) is 0 Å². The standard InChI is InChI=1S/C39H62O18S3/c1-5-9-30(40)49-15-18-52-33(43)12-21-58-24-36(46)55-27-39(8-4,28-56-37(47)25-59-22-13-34(44)53-19-16-50-31(41)10-6-2)29-57-38(48)26-60-23-14-35(45)54-20-17-51-32(42)11-7-3/h5-29H2,1-4H3. The van der Waals surface area contributed by atoms with Gasteiger partial charge >= 0.3 is 53.7 Å². The first-order valence-corrected chi connectivity index (χ1v) is 23.4. The number of ether oxygens (including phenoxy) is 9. The molecule has 18 nitrogen and oxygen atoms in total. The first-order valence-electron chi connectivity index (χ1n) is 19.9. The molecule has 0 fully saturated rings. The normalized spacial score (nSPS) is 10.8. The predicted molar refractivity (Wildman–Crippen MR) is 222 cm³/mol. The Morgan fingerprint density at radius 2 is 0.567 bits per heavy atom. The fourth-order valence-electron chi connectivity index (χ4n) is 4.17. The van der Waals surface area contributed by atoms with Crippen molar-refractivity contribution in [3.8, 4) is 0 Å². The van der Waals surface area contributed by atoms with Crippen LogP contribution in [0.1, 0.15) is 91.9 Å². The van der Waals surface area contributed by atoms with Crippen molar-refractivity contribution < 1.29 is 85.8 Å². The van der Waals surface area contributed by atoms with Crippen LogP contribution in [0.25, 0.3) is 0 Å². The van der Waals surface area contributed by atoms with Crippen molar-refractivity contribution in [2.24, 2.45) is 5.41 Å². The Balaban J connectivity index is 4.92. The molecule has 0 rings (SSSR count). The SMILES string of the molecule is CCCC(=O)OCCOC(=O)CCSCC(=O)OCC(CC)(COC(=O)CSCCC(=O)OCCOC(=O)CCC)COC(=O)CSCCC(=O)OCCOC(=O)CCC. The monoisotopic (exact) mass is 914 g/mol. The second kappa shape index (κ2) is 37.1. The van der Waals surface area contributed by atoms with E-state index in [1.807, 2.05) is 20.8 Å². The molecule has 0 N–H and O–H groups in total.